The highest BCUT2D eigenvalue weighted by atomic mass is 127. The predicted molar refractivity (Wildman–Crippen MR) is 111 cm³/mol. The SMILES string of the molecule is CCNC(=NCCN(CC)C(C)C)NCCn1cnnc1CC.I. The number of hydrogen-bond acceptors (Lipinski definition) is 4. The Morgan fingerprint density at radius 1 is 1.29 bits per heavy atom. The highest BCUT2D eigenvalue weighted by molar-refractivity contribution is 14.0. The number of guanidine groups is 1. The fraction of sp³-hybridized carbons (Fsp3) is 0.812. The van der Waals surface area contributed by atoms with E-state index in [0.717, 1.165) is 57.5 Å². The second-order valence-corrected chi connectivity index (χ2v) is 5.70. The molecule has 0 fully saturated rings. The maximum atomic E-state index is 4.66. The number of aromatic nitrogens is 3. The minimum Gasteiger partial charge on any atom is -0.357 e. The summed E-state index contributed by atoms with van der Waals surface area (Å²) in [5.74, 6) is 1.89. The van der Waals surface area contributed by atoms with E-state index in [0.29, 0.717) is 6.04 Å². The maximum absolute atomic E-state index is 4.66. The van der Waals surface area contributed by atoms with Gasteiger partial charge in [-0.3, -0.25) is 9.89 Å². The molecule has 0 aliphatic heterocycles. The van der Waals surface area contributed by atoms with Gasteiger partial charge in [-0.05, 0) is 27.3 Å². The lowest BCUT2D eigenvalue weighted by Gasteiger charge is -2.23. The van der Waals surface area contributed by atoms with Gasteiger partial charge < -0.3 is 15.2 Å². The number of halogens is 1. The Hall–Kier alpha value is -0.900. The van der Waals surface area contributed by atoms with Crippen molar-refractivity contribution in [3.63, 3.8) is 0 Å². The summed E-state index contributed by atoms with van der Waals surface area (Å²) in [6.45, 7) is 16.2. The van der Waals surface area contributed by atoms with Gasteiger partial charge in [0.15, 0.2) is 5.96 Å². The first-order valence-electron chi connectivity index (χ1n) is 8.75. The van der Waals surface area contributed by atoms with Gasteiger partial charge in [-0.2, -0.15) is 0 Å². The molecule has 1 aromatic heterocycles. The van der Waals surface area contributed by atoms with E-state index in [1.807, 2.05) is 0 Å². The van der Waals surface area contributed by atoms with Crippen molar-refractivity contribution in [1.29, 1.82) is 0 Å². The number of hydrogen-bond donors (Lipinski definition) is 2. The standard InChI is InChI=1S/C16H33N7.HI/c1-6-15-21-20-13-23(15)12-10-19-16(17-7-2)18-9-11-22(8-3)14(4)5;/h13-14H,6-12H2,1-5H3,(H2,17,18,19);1H. The van der Waals surface area contributed by atoms with Crippen molar-refractivity contribution in [2.75, 3.05) is 32.7 Å². The summed E-state index contributed by atoms with van der Waals surface area (Å²) in [6, 6.07) is 0.562. The topological polar surface area (TPSA) is 70.4 Å². The molecule has 24 heavy (non-hydrogen) atoms. The first-order chi connectivity index (χ1) is 11.1. The minimum atomic E-state index is 0. The summed E-state index contributed by atoms with van der Waals surface area (Å²) >= 11 is 0. The van der Waals surface area contributed by atoms with E-state index in [1.165, 1.54) is 0 Å². The smallest absolute Gasteiger partial charge is 0.191 e. The summed E-state index contributed by atoms with van der Waals surface area (Å²) < 4.78 is 2.08. The van der Waals surface area contributed by atoms with Gasteiger partial charge in [-0.25, -0.2) is 0 Å². The molecular formula is C16H34IN7. The first-order valence-corrected chi connectivity index (χ1v) is 8.75. The fourth-order valence-electron chi connectivity index (χ4n) is 2.45. The molecule has 0 saturated carbocycles. The molecule has 0 aromatic carbocycles. The van der Waals surface area contributed by atoms with Crippen LogP contribution in [0, 0.1) is 0 Å². The molecule has 1 aromatic rings. The number of likely N-dealkylation sites (N-methyl/N-ethyl adjacent to an activating group) is 1. The largest absolute Gasteiger partial charge is 0.357 e. The van der Waals surface area contributed by atoms with E-state index in [1.54, 1.807) is 6.33 Å². The minimum absolute atomic E-state index is 0. The highest BCUT2D eigenvalue weighted by Gasteiger charge is 2.06. The molecule has 7 nitrogen and oxygen atoms in total. The molecule has 0 spiro atoms. The van der Waals surface area contributed by atoms with Crippen LogP contribution in [0.2, 0.25) is 0 Å². The molecule has 0 amide bonds. The van der Waals surface area contributed by atoms with E-state index < -0.39 is 0 Å². The quantitative estimate of drug-likeness (QED) is 0.322. The van der Waals surface area contributed by atoms with E-state index in [4.69, 9.17) is 0 Å². The molecule has 0 unspecified atom stereocenters. The summed E-state index contributed by atoms with van der Waals surface area (Å²) in [6.07, 6.45) is 2.68. The monoisotopic (exact) mass is 451 g/mol. The van der Waals surface area contributed by atoms with E-state index >= 15 is 0 Å². The van der Waals surface area contributed by atoms with Gasteiger partial charge in [0.25, 0.3) is 0 Å². The number of nitrogens with one attached hydrogen (secondary N) is 2. The van der Waals surface area contributed by atoms with E-state index in [2.05, 4.69) is 69.9 Å². The molecule has 0 saturated heterocycles. The van der Waals surface area contributed by atoms with Crippen LogP contribution in [0.25, 0.3) is 0 Å². The van der Waals surface area contributed by atoms with Crippen molar-refractivity contribution < 1.29 is 0 Å². The molecule has 1 heterocycles. The molecule has 0 aliphatic rings. The Bertz CT molecular complexity index is 459. The molecule has 1 rings (SSSR count). The average Bonchev–Trinajstić information content (AvgIpc) is 2.98. The van der Waals surface area contributed by atoms with E-state index in [-0.39, 0.29) is 24.0 Å². The van der Waals surface area contributed by atoms with Crippen molar-refractivity contribution >= 4 is 29.9 Å². The van der Waals surface area contributed by atoms with Crippen LogP contribution in [0.5, 0.6) is 0 Å². The third-order valence-electron chi connectivity index (χ3n) is 3.79. The number of aryl methyl sites for hydroxylation is 1. The molecule has 0 bridgehead atoms. The van der Waals surface area contributed by atoms with Crippen molar-refractivity contribution in [2.24, 2.45) is 4.99 Å². The summed E-state index contributed by atoms with van der Waals surface area (Å²) in [7, 11) is 0. The lowest BCUT2D eigenvalue weighted by molar-refractivity contribution is 0.240. The van der Waals surface area contributed by atoms with Crippen LogP contribution in [0.1, 0.15) is 40.4 Å². The van der Waals surface area contributed by atoms with Gasteiger partial charge in [0.1, 0.15) is 12.2 Å². The Morgan fingerprint density at radius 2 is 2.04 bits per heavy atom. The zero-order valence-electron chi connectivity index (χ0n) is 15.7. The van der Waals surface area contributed by atoms with Crippen molar-refractivity contribution in [1.82, 2.24) is 30.3 Å². The maximum Gasteiger partial charge on any atom is 0.191 e. The van der Waals surface area contributed by atoms with Gasteiger partial charge in [0.2, 0.25) is 0 Å². The Labute approximate surface area is 163 Å². The number of nitrogens with zero attached hydrogens (tertiary/aromatic N) is 5. The number of rotatable bonds is 10. The summed E-state index contributed by atoms with van der Waals surface area (Å²) in [5.41, 5.74) is 0. The van der Waals surface area contributed by atoms with Gasteiger partial charge in [0.05, 0.1) is 6.54 Å². The second kappa shape index (κ2) is 13.4. The lowest BCUT2D eigenvalue weighted by Crippen LogP contribution is -2.40. The van der Waals surface area contributed by atoms with Gasteiger partial charge in [0, 0.05) is 38.6 Å². The second-order valence-electron chi connectivity index (χ2n) is 5.70. The van der Waals surface area contributed by atoms with Crippen LogP contribution in [-0.4, -0.2) is 64.4 Å². The van der Waals surface area contributed by atoms with Crippen LogP contribution < -0.4 is 10.6 Å². The normalized spacial score (nSPS) is 11.7. The van der Waals surface area contributed by atoms with Gasteiger partial charge >= 0.3 is 0 Å². The van der Waals surface area contributed by atoms with Crippen molar-refractivity contribution in [2.45, 2.75) is 53.6 Å². The first kappa shape index (κ1) is 23.1. The molecule has 0 aliphatic carbocycles. The summed E-state index contributed by atoms with van der Waals surface area (Å²) in [5, 5.41) is 14.7. The van der Waals surface area contributed by atoms with Gasteiger partial charge in [-0.1, -0.05) is 13.8 Å². The van der Waals surface area contributed by atoms with E-state index in [9.17, 15) is 0 Å². The molecule has 140 valence electrons. The number of aliphatic imine (C=N–C) groups is 1. The molecule has 0 atom stereocenters. The van der Waals surface area contributed by atoms with Crippen molar-refractivity contribution in [3.05, 3.63) is 12.2 Å². The van der Waals surface area contributed by atoms with Crippen LogP contribution in [0.15, 0.2) is 11.3 Å². The van der Waals surface area contributed by atoms with Crippen LogP contribution in [0.3, 0.4) is 0 Å². The fourth-order valence-corrected chi connectivity index (χ4v) is 2.45. The van der Waals surface area contributed by atoms with Crippen LogP contribution >= 0.6 is 24.0 Å². The van der Waals surface area contributed by atoms with Crippen molar-refractivity contribution in [3.8, 4) is 0 Å². The summed E-state index contributed by atoms with van der Waals surface area (Å²) in [4.78, 5) is 7.07. The zero-order valence-corrected chi connectivity index (χ0v) is 18.1. The van der Waals surface area contributed by atoms with Crippen LogP contribution in [0.4, 0.5) is 0 Å². The molecular weight excluding hydrogens is 417 g/mol. The zero-order chi connectivity index (χ0) is 17.1. The average molecular weight is 451 g/mol. The van der Waals surface area contributed by atoms with Gasteiger partial charge in [-0.15, -0.1) is 34.2 Å². The lowest BCUT2D eigenvalue weighted by atomic mass is 10.3. The third kappa shape index (κ3) is 8.27. The Kier molecular flexibility index (Phi) is 12.9. The Balaban J connectivity index is 0.00000529. The molecule has 8 heteroatoms. The molecule has 2 N–H and O–H groups in total. The Morgan fingerprint density at radius 3 is 2.62 bits per heavy atom. The predicted octanol–water partition coefficient (Wildman–Crippen LogP) is 1.74. The third-order valence-corrected chi connectivity index (χ3v) is 3.79. The highest BCUT2D eigenvalue weighted by Crippen LogP contribution is 1.97. The van der Waals surface area contributed by atoms with Crippen LogP contribution in [-0.2, 0) is 13.0 Å². The molecule has 0 radical (unpaired) electrons.